The third kappa shape index (κ3) is 3.51. The van der Waals surface area contributed by atoms with E-state index in [9.17, 15) is 9.59 Å². The van der Waals surface area contributed by atoms with Gasteiger partial charge in [0, 0.05) is 13.1 Å². The second kappa shape index (κ2) is 6.40. The van der Waals surface area contributed by atoms with Crippen molar-refractivity contribution in [1.82, 2.24) is 9.97 Å². The summed E-state index contributed by atoms with van der Waals surface area (Å²) in [7, 11) is 0. The van der Waals surface area contributed by atoms with E-state index in [4.69, 9.17) is 34.8 Å². The van der Waals surface area contributed by atoms with Gasteiger partial charge in [-0.05, 0) is 26.0 Å². The number of nitrogens with zero attached hydrogens (tertiary/aromatic N) is 1. The molecule has 1 heterocycles. The number of fused-ring (bicyclic) bond motifs is 1. The first-order chi connectivity index (χ1) is 10.3. The van der Waals surface area contributed by atoms with Crippen molar-refractivity contribution >= 4 is 63.1 Å². The molecule has 0 radical (unpaired) electrons. The van der Waals surface area contributed by atoms with E-state index in [1.165, 1.54) is 0 Å². The molecule has 0 spiro atoms. The van der Waals surface area contributed by atoms with E-state index in [-0.39, 0.29) is 5.69 Å². The zero-order valence-electron chi connectivity index (χ0n) is 12.0. The first-order valence-electron chi connectivity index (χ1n) is 6.65. The zero-order chi connectivity index (χ0) is 16.5. The van der Waals surface area contributed by atoms with Crippen molar-refractivity contribution < 1.29 is 4.79 Å². The Labute approximate surface area is 141 Å². The first-order valence-corrected chi connectivity index (χ1v) is 7.78. The summed E-state index contributed by atoms with van der Waals surface area (Å²) in [5.74, 6) is -0.761. The van der Waals surface area contributed by atoms with Crippen LogP contribution in [0.25, 0.3) is 11.0 Å². The topological polar surface area (TPSA) is 81.0 Å². The van der Waals surface area contributed by atoms with Crippen LogP contribution in [0.15, 0.2) is 16.9 Å². The molecule has 0 unspecified atom stereocenters. The predicted octanol–water partition coefficient (Wildman–Crippen LogP) is 3.01. The number of H-pyrrole nitrogens is 2. The fourth-order valence-electron chi connectivity index (χ4n) is 2.19. The van der Waals surface area contributed by atoms with E-state index in [1.54, 1.807) is 12.1 Å². The molecule has 1 aromatic carbocycles. The number of carbonyl (C=O) groups excluding carboxylic acids is 1. The van der Waals surface area contributed by atoms with E-state index in [2.05, 4.69) is 15.3 Å². The van der Waals surface area contributed by atoms with E-state index in [0.29, 0.717) is 29.8 Å². The molecule has 0 aliphatic heterocycles. The normalized spacial score (nSPS) is 11.7. The van der Waals surface area contributed by atoms with Crippen LogP contribution in [0.3, 0.4) is 0 Å². The van der Waals surface area contributed by atoms with E-state index in [1.807, 2.05) is 18.7 Å². The Bertz CT molecular complexity index is 744. The van der Waals surface area contributed by atoms with Gasteiger partial charge in [0.25, 0.3) is 9.70 Å². The molecule has 9 heteroatoms. The minimum absolute atomic E-state index is 0.328. The number of carbonyl (C=O) groups is 1. The molecular formula is C13H15Cl3N4O2. The van der Waals surface area contributed by atoms with Gasteiger partial charge >= 0.3 is 5.69 Å². The monoisotopic (exact) mass is 364 g/mol. The number of aromatic amines is 2. The molecule has 120 valence electrons. The molecule has 1 aromatic heterocycles. The number of halogens is 3. The van der Waals surface area contributed by atoms with Gasteiger partial charge in [0.15, 0.2) is 0 Å². The summed E-state index contributed by atoms with van der Waals surface area (Å²) in [5, 5.41) is 2.59. The number of hydrogen-bond acceptors (Lipinski definition) is 3. The molecule has 0 aliphatic carbocycles. The Morgan fingerprint density at radius 1 is 1.18 bits per heavy atom. The third-order valence-electron chi connectivity index (χ3n) is 3.24. The largest absolute Gasteiger partial charge is 0.370 e. The summed E-state index contributed by atoms with van der Waals surface area (Å²) in [6.45, 7) is 5.39. The number of imidazole rings is 1. The zero-order valence-corrected chi connectivity index (χ0v) is 14.2. The minimum atomic E-state index is -2.07. The van der Waals surface area contributed by atoms with Gasteiger partial charge in [-0.2, -0.15) is 0 Å². The van der Waals surface area contributed by atoms with E-state index in [0.717, 1.165) is 5.69 Å². The maximum absolute atomic E-state index is 11.9. The fraction of sp³-hybridized carbons (Fsp3) is 0.385. The summed E-state index contributed by atoms with van der Waals surface area (Å²) >= 11 is 16.8. The molecule has 0 fully saturated rings. The van der Waals surface area contributed by atoms with Gasteiger partial charge in [0.2, 0.25) is 0 Å². The van der Waals surface area contributed by atoms with Crippen LogP contribution < -0.4 is 15.9 Å². The van der Waals surface area contributed by atoms with Crippen molar-refractivity contribution in [2.24, 2.45) is 0 Å². The lowest BCUT2D eigenvalue weighted by molar-refractivity contribution is -0.115. The Hall–Kier alpha value is -1.37. The Kier molecular flexibility index (Phi) is 4.94. The average Bonchev–Trinajstić information content (AvgIpc) is 2.78. The number of aromatic nitrogens is 2. The molecule has 0 atom stereocenters. The number of alkyl halides is 3. The highest BCUT2D eigenvalue weighted by molar-refractivity contribution is 6.76. The van der Waals surface area contributed by atoms with Crippen LogP contribution in [0, 0.1) is 0 Å². The van der Waals surface area contributed by atoms with Crippen molar-refractivity contribution in [3.63, 3.8) is 0 Å². The van der Waals surface area contributed by atoms with E-state index < -0.39 is 9.70 Å². The molecule has 1 amide bonds. The standard InChI is InChI=1S/C13H15Cl3N4O2/c1-3-20(4-2)10-6-8-7(18-12(22)19-8)5-9(10)17-11(21)13(14,15)16/h5-6H,3-4H2,1-2H3,(H,17,21)(H2,18,19,22). The molecule has 3 N–H and O–H groups in total. The van der Waals surface area contributed by atoms with Crippen LogP contribution in [0.2, 0.25) is 0 Å². The third-order valence-corrected chi connectivity index (χ3v) is 3.76. The summed E-state index contributed by atoms with van der Waals surface area (Å²) in [6, 6.07) is 3.41. The number of amides is 1. The lowest BCUT2D eigenvalue weighted by Gasteiger charge is -2.25. The van der Waals surface area contributed by atoms with Gasteiger partial charge in [-0.15, -0.1) is 0 Å². The van der Waals surface area contributed by atoms with Crippen molar-refractivity contribution in [3.8, 4) is 0 Å². The maximum atomic E-state index is 11.9. The average molecular weight is 366 g/mol. The Morgan fingerprint density at radius 3 is 2.23 bits per heavy atom. The van der Waals surface area contributed by atoms with Crippen LogP contribution in [0.5, 0.6) is 0 Å². The van der Waals surface area contributed by atoms with Gasteiger partial charge in [-0.3, -0.25) is 4.79 Å². The number of nitrogens with one attached hydrogen (secondary N) is 3. The Balaban J connectivity index is 2.55. The molecule has 0 saturated carbocycles. The van der Waals surface area contributed by atoms with Gasteiger partial charge in [-0.25, -0.2) is 4.79 Å². The molecule has 2 rings (SSSR count). The molecule has 0 saturated heterocycles. The van der Waals surface area contributed by atoms with Gasteiger partial charge in [0.1, 0.15) is 0 Å². The van der Waals surface area contributed by atoms with Gasteiger partial charge in [0.05, 0.1) is 22.4 Å². The number of rotatable bonds is 4. The lowest BCUT2D eigenvalue weighted by Crippen LogP contribution is -2.29. The van der Waals surface area contributed by atoms with Crippen LogP contribution in [-0.4, -0.2) is 32.8 Å². The second-order valence-corrected chi connectivity index (χ2v) is 6.90. The lowest BCUT2D eigenvalue weighted by atomic mass is 10.2. The van der Waals surface area contributed by atoms with Crippen molar-refractivity contribution in [2.45, 2.75) is 17.6 Å². The summed E-state index contributed by atoms with van der Waals surface area (Å²) in [4.78, 5) is 30.7. The summed E-state index contributed by atoms with van der Waals surface area (Å²) < 4.78 is -2.07. The maximum Gasteiger partial charge on any atom is 0.323 e. The predicted molar refractivity (Wildman–Crippen MR) is 91.4 cm³/mol. The molecule has 2 aromatic rings. The van der Waals surface area contributed by atoms with Crippen LogP contribution in [0.4, 0.5) is 11.4 Å². The molecule has 22 heavy (non-hydrogen) atoms. The SMILES string of the molecule is CCN(CC)c1cc2[nH]c(=O)[nH]c2cc1NC(=O)C(Cl)(Cl)Cl. The molecule has 6 nitrogen and oxygen atoms in total. The highest BCUT2D eigenvalue weighted by Gasteiger charge is 2.31. The van der Waals surface area contributed by atoms with Gasteiger partial charge in [-0.1, -0.05) is 34.8 Å². The highest BCUT2D eigenvalue weighted by atomic mass is 35.6. The molecule has 0 bridgehead atoms. The van der Waals surface area contributed by atoms with Crippen molar-refractivity contribution in [1.29, 1.82) is 0 Å². The smallest absolute Gasteiger partial charge is 0.323 e. The first kappa shape index (κ1) is 17.0. The van der Waals surface area contributed by atoms with Crippen LogP contribution >= 0.6 is 34.8 Å². The quantitative estimate of drug-likeness (QED) is 0.729. The molecular weight excluding hydrogens is 351 g/mol. The van der Waals surface area contributed by atoms with Gasteiger partial charge < -0.3 is 20.2 Å². The van der Waals surface area contributed by atoms with E-state index >= 15 is 0 Å². The van der Waals surface area contributed by atoms with Crippen LogP contribution in [-0.2, 0) is 4.79 Å². The number of hydrogen-bond donors (Lipinski definition) is 3. The highest BCUT2D eigenvalue weighted by Crippen LogP contribution is 2.33. The Morgan fingerprint density at radius 2 is 1.73 bits per heavy atom. The van der Waals surface area contributed by atoms with Crippen molar-refractivity contribution in [2.75, 3.05) is 23.3 Å². The van der Waals surface area contributed by atoms with Crippen LogP contribution in [0.1, 0.15) is 13.8 Å². The molecule has 0 aliphatic rings. The summed E-state index contributed by atoms with van der Waals surface area (Å²) in [5.41, 5.74) is 2.06. The fourth-order valence-corrected chi connectivity index (χ4v) is 2.33. The number of anilines is 2. The summed E-state index contributed by atoms with van der Waals surface area (Å²) in [6.07, 6.45) is 0. The second-order valence-electron chi connectivity index (χ2n) is 4.62. The number of benzene rings is 1. The minimum Gasteiger partial charge on any atom is -0.370 e. The van der Waals surface area contributed by atoms with Crippen molar-refractivity contribution in [3.05, 3.63) is 22.6 Å².